The first-order chi connectivity index (χ1) is 10.3. The highest BCUT2D eigenvalue weighted by Gasteiger charge is 2.19. The maximum atomic E-state index is 12.0. The second-order valence-corrected chi connectivity index (χ2v) is 7.29. The second-order valence-electron chi connectivity index (χ2n) is 6.35. The minimum absolute atomic E-state index is 0.0599. The van der Waals surface area contributed by atoms with Gasteiger partial charge in [0, 0.05) is 11.1 Å². The van der Waals surface area contributed by atoms with E-state index in [0.717, 1.165) is 17.1 Å². The van der Waals surface area contributed by atoms with E-state index >= 15 is 0 Å². The Hall–Kier alpha value is -1.82. The molecule has 0 aliphatic carbocycles. The van der Waals surface area contributed by atoms with Gasteiger partial charge >= 0.3 is 0 Å². The summed E-state index contributed by atoms with van der Waals surface area (Å²) in [4.78, 5) is 16.4. The van der Waals surface area contributed by atoms with Crippen molar-refractivity contribution in [2.24, 2.45) is 0 Å². The molecular formula is C16H22N4OS. The summed E-state index contributed by atoms with van der Waals surface area (Å²) < 4.78 is 0. The van der Waals surface area contributed by atoms with E-state index in [2.05, 4.69) is 41.3 Å². The van der Waals surface area contributed by atoms with Gasteiger partial charge in [-0.25, -0.2) is 4.98 Å². The van der Waals surface area contributed by atoms with Gasteiger partial charge in [-0.3, -0.25) is 9.89 Å². The topological polar surface area (TPSA) is 70.7 Å². The Morgan fingerprint density at radius 1 is 1.27 bits per heavy atom. The van der Waals surface area contributed by atoms with Crippen molar-refractivity contribution >= 4 is 23.4 Å². The molecule has 0 aliphatic heterocycles. The van der Waals surface area contributed by atoms with Gasteiger partial charge in [0.2, 0.25) is 11.1 Å². The maximum Gasteiger partial charge on any atom is 0.234 e. The van der Waals surface area contributed by atoms with Crippen molar-refractivity contribution in [3.8, 4) is 0 Å². The first kappa shape index (κ1) is 16.5. The summed E-state index contributed by atoms with van der Waals surface area (Å²) in [6.45, 7) is 10.3. The van der Waals surface area contributed by atoms with Crippen molar-refractivity contribution in [2.45, 2.75) is 45.2 Å². The molecule has 2 aromatic rings. The van der Waals surface area contributed by atoms with Crippen LogP contribution in [0.25, 0.3) is 0 Å². The summed E-state index contributed by atoms with van der Waals surface area (Å²) in [6.07, 6.45) is 0. The lowest BCUT2D eigenvalue weighted by Gasteiger charge is -2.12. The number of nitrogens with zero attached hydrogens (tertiary/aromatic N) is 2. The molecule has 1 amide bonds. The van der Waals surface area contributed by atoms with Crippen LogP contribution in [0.3, 0.4) is 0 Å². The van der Waals surface area contributed by atoms with Crippen LogP contribution in [0.15, 0.2) is 23.4 Å². The summed E-state index contributed by atoms with van der Waals surface area (Å²) in [5.74, 6) is 1.05. The second kappa shape index (κ2) is 6.52. The number of aromatic nitrogens is 3. The van der Waals surface area contributed by atoms with Crippen LogP contribution in [0, 0.1) is 13.8 Å². The number of carbonyl (C=O) groups is 1. The molecule has 0 atom stereocenters. The molecule has 1 heterocycles. The van der Waals surface area contributed by atoms with Crippen molar-refractivity contribution in [3.05, 3.63) is 35.2 Å². The van der Waals surface area contributed by atoms with E-state index in [4.69, 9.17) is 0 Å². The van der Waals surface area contributed by atoms with Crippen LogP contribution < -0.4 is 5.32 Å². The highest BCUT2D eigenvalue weighted by Crippen LogP contribution is 2.21. The number of aryl methyl sites for hydroxylation is 2. The van der Waals surface area contributed by atoms with Gasteiger partial charge in [0.15, 0.2) is 0 Å². The van der Waals surface area contributed by atoms with Crippen LogP contribution >= 0.6 is 11.8 Å². The Morgan fingerprint density at radius 2 is 2.00 bits per heavy atom. The van der Waals surface area contributed by atoms with Crippen molar-refractivity contribution in [1.82, 2.24) is 15.2 Å². The number of hydrogen-bond acceptors (Lipinski definition) is 4. The molecule has 0 unspecified atom stereocenters. The zero-order valence-corrected chi connectivity index (χ0v) is 14.5. The highest BCUT2D eigenvalue weighted by molar-refractivity contribution is 7.99. The average Bonchev–Trinajstić information content (AvgIpc) is 2.89. The number of benzene rings is 1. The molecule has 0 saturated heterocycles. The van der Waals surface area contributed by atoms with Crippen LogP contribution in [0.1, 0.15) is 37.7 Å². The molecule has 0 spiro atoms. The predicted octanol–water partition coefficient (Wildman–Crippen LogP) is 3.45. The minimum atomic E-state index is -0.0759. The summed E-state index contributed by atoms with van der Waals surface area (Å²) >= 11 is 1.33. The normalized spacial score (nSPS) is 11.5. The SMILES string of the molecule is Cc1ccc(NC(=O)CSc2n[nH]c(C(C)(C)C)n2)cc1C. The number of rotatable bonds is 4. The molecular weight excluding hydrogens is 296 g/mol. The van der Waals surface area contributed by atoms with Crippen molar-refractivity contribution in [3.63, 3.8) is 0 Å². The number of anilines is 1. The predicted molar refractivity (Wildman–Crippen MR) is 90.4 cm³/mol. The van der Waals surface area contributed by atoms with E-state index in [1.54, 1.807) is 0 Å². The molecule has 2 N–H and O–H groups in total. The van der Waals surface area contributed by atoms with E-state index in [1.807, 2.05) is 32.0 Å². The van der Waals surface area contributed by atoms with Crippen LogP contribution in [0.5, 0.6) is 0 Å². The van der Waals surface area contributed by atoms with Crippen molar-refractivity contribution < 1.29 is 4.79 Å². The van der Waals surface area contributed by atoms with E-state index in [-0.39, 0.29) is 17.1 Å². The van der Waals surface area contributed by atoms with Gasteiger partial charge in [-0.2, -0.15) is 0 Å². The summed E-state index contributed by atoms with van der Waals surface area (Å²) in [7, 11) is 0. The molecule has 118 valence electrons. The first-order valence-corrected chi connectivity index (χ1v) is 8.17. The highest BCUT2D eigenvalue weighted by atomic mass is 32.2. The third kappa shape index (κ3) is 4.34. The number of H-pyrrole nitrogens is 1. The number of nitrogens with one attached hydrogen (secondary N) is 2. The van der Waals surface area contributed by atoms with Gasteiger partial charge in [-0.15, -0.1) is 5.10 Å². The smallest absolute Gasteiger partial charge is 0.234 e. The lowest BCUT2D eigenvalue weighted by atomic mass is 9.96. The average molecular weight is 318 g/mol. The largest absolute Gasteiger partial charge is 0.325 e. The number of amides is 1. The molecule has 5 nitrogen and oxygen atoms in total. The first-order valence-electron chi connectivity index (χ1n) is 7.18. The van der Waals surface area contributed by atoms with Gasteiger partial charge < -0.3 is 5.32 Å². The Labute approximate surface area is 135 Å². The van der Waals surface area contributed by atoms with Gasteiger partial charge in [-0.05, 0) is 37.1 Å². The van der Waals surface area contributed by atoms with Gasteiger partial charge in [0.1, 0.15) is 5.82 Å². The van der Waals surface area contributed by atoms with Crippen LogP contribution in [-0.2, 0) is 10.2 Å². The lowest BCUT2D eigenvalue weighted by molar-refractivity contribution is -0.113. The summed E-state index contributed by atoms with van der Waals surface area (Å²) in [5.41, 5.74) is 3.11. The molecule has 0 fully saturated rings. The number of carbonyl (C=O) groups excluding carboxylic acids is 1. The Bertz CT molecular complexity index is 673. The molecule has 6 heteroatoms. The summed E-state index contributed by atoms with van der Waals surface area (Å²) in [6, 6.07) is 5.89. The lowest BCUT2D eigenvalue weighted by Crippen LogP contribution is -2.14. The number of hydrogen-bond donors (Lipinski definition) is 2. The van der Waals surface area contributed by atoms with Crippen molar-refractivity contribution in [2.75, 3.05) is 11.1 Å². The third-order valence-electron chi connectivity index (χ3n) is 3.30. The fourth-order valence-electron chi connectivity index (χ4n) is 1.79. The zero-order chi connectivity index (χ0) is 16.3. The zero-order valence-electron chi connectivity index (χ0n) is 13.7. The van der Waals surface area contributed by atoms with Crippen LogP contribution in [0.2, 0.25) is 0 Å². The summed E-state index contributed by atoms with van der Waals surface area (Å²) in [5, 5.41) is 10.5. The molecule has 2 rings (SSSR count). The maximum absolute atomic E-state index is 12.0. The Balaban J connectivity index is 1.90. The van der Waals surface area contributed by atoms with Gasteiger partial charge in [-0.1, -0.05) is 38.6 Å². The van der Waals surface area contributed by atoms with Crippen molar-refractivity contribution in [1.29, 1.82) is 0 Å². The molecule has 0 saturated carbocycles. The standard InChI is InChI=1S/C16H22N4OS/c1-10-6-7-12(8-11(10)2)17-13(21)9-22-15-18-14(19-20-15)16(3,4)5/h6-8H,9H2,1-5H3,(H,17,21)(H,18,19,20). The quantitative estimate of drug-likeness (QED) is 0.847. The Kier molecular flexibility index (Phi) is 4.90. The molecule has 0 radical (unpaired) electrons. The minimum Gasteiger partial charge on any atom is -0.325 e. The van der Waals surface area contributed by atoms with Crippen LogP contribution in [-0.4, -0.2) is 26.8 Å². The van der Waals surface area contributed by atoms with E-state index < -0.39 is 0 Å². The molecule has 0 bridgehead atoms. The van der Waals surface area contributed by atoms with E-state index in [1.165, 1.54) is 17.3 Å². The van der Waals surface area contributed by atoms with E-state index in [0.29, 0.717) is 5.16 Å². The van der Waals surface area contributed by atoms with Gasteiger partial charge in [0.05, 0.1) is 5.75 Å². The monoisotopic (exact) mass is 318 g/mol. The van der Waals surface area contributed by atoms with Gasteiger partial charge in [0.25, 0.3) is 0 Å². The molecule has 1 aromatic carbocycles. The third-order valence-corrected chi connectivity index (χ3v) is 4.15. The molecule has 1 aromatic heterocycles. The number of thioether (sulfide) groups is 1. The Morgan fingerprint density at radius 3 is 2.59 bits per heavy atom. The fourth-order valence-corrected chi connectivity index (χ4v) is 2.39. The van der Waals surface area contributed by atoms with E-state index in [9.17, 15) is 4.79 Å². The molecule has 0 aliphatic rings. The number of aromatic amines is 1. The fraction of sp³-hybridized carbons (Fsp3) is 0.438. The molecule has 22 heavy (non-hydrogen) atoms. The van der Waals surface area contributed by atoms with Crippen LogP contribution in [0.4, 0.5) is 5.69 Å².